The molecule has 0 radical (unpaired) electrons. The summed E-state index contributed by atoms with van der Waals surface area (Å²) in [5.74, 6) is -2.68. The topological polar surface area (TPSA) is 89.9 Å². The van der Waals surface area contributed by atoms with Crippen LogP contribution in [0.1, 0.15) is 34.1 Å². The van der Waals surface area contributed by atoms with Crippen LogP contribution in [0.25, 0.3) is 0 Å². The van der Waals surface area contributed by atoms with Crippen LogP contribution >= 0.6 is 0 Å². The first-order chi connectivity index (χ1) is 10.5. The lowest BCUT2D eigenvalue weighted by atomic mass is 9.67. The van der Waals surface area contributed by atoms with E-state index in [0.29, 0.717) is 0 Å². The molecule has 6 heteroatoms. The Bertz CT molecular complexity index is 709. The van der Waals surface area contributed by atoms with E-state index < -0.39 is 36.1 Å². The van der Waals surface area contributed by atoms with Gasteiger partial charge in [-0.05, 0) is 13.0 Å². The summed E-state index contributed by atoms with van der Waals surface area (Å²) in [6, 6.07) is 4.44. The van der Waals surface area contributed by atoms with E-state index in [0.717, 1.165) is 0 Å². The van der Waals surface area contributed by atoms with Crippen LogP contribution in [0.3, 0.4) is 0 Å². The number of hydrogen-bond donors (Lipinski definition) is 1. The third-order valence-electron chi connectivity index (χ3n) is 4.80. The second kappa shape index (κ2) is 4.39. The summed E-state index contributed by atoms with van der Waals surface area (Å²) in [7, 11) is 0. The Morgan fingerprint density at radius 1 is 1.14 bits per heavy atom. The van der Waals surface area contributed by atoms with Gasteiger partial charge in [-0.15, -0.1) is 0 Å². The molecule has 2 aliphatic heterocycles. The molecule has 6 nitrogen and oxygen atoms in total. The normalized spacial score (nSPS) is 36.4. The van der Waals surface area contributed by atoms with Crippen molar-refractivity contribution in [1.82, 2.24) is 0 Å². The number of hydrogen-bond acceptors (Lipinski definition) is 6. The Labute approximate surface area is 126 Å². The lowest BCUT2D eigenvalue weighted by Gasteiger charge is -2.43. The number of Topliss-reactive ketones (excluding diaryl/α,β-unsaturated/α-hetero) is 2. The van der Waals surface area contributed by atoms with Crippen molar-refractivity contribution < 1.29 is 29.0 Å². The number of carbonyl (C=O) groups is 3. The molecule has 0 amide bonds. The molecule has 0 aromatic heterocycles. The minimum absolute atomic E-state index is 0.0481. The fourth-order valence-electron chi connectivity index (χ4n) is 3.88. The maximum atomic E-state index is 12.8. The van der Waals surface area contributed by atoms with E-state index in [9.17, 15) is 19.5 Å². The first-order valence-electron chi connectivity index (χ1n) is 7.24. The van der Waals surface area contributed by atoms with E-state index >= 15 is 0 Å². The fourth-order valence-corrected chi connectivity index (χ4v) is 3.88. The summed E-state index contributed by atoms with van der Waals surface area (Å²) < 4.78 is 11.0. The van der Waals surface area contributed by atoms with E-state index in [1.54, 1.807) is 6.92 Å². The van der Waals surface area contributed by atoms with Crippen LogP contribution in [0.5, 0.6) is 5.75 Å². The number of aromatic hydroxyl groups is 1. The Kier molecular flexibility index (Phi) is 2.69. The van der Waals surface area contributed by atoms with Crippen molar-refractivity contribution >= 4 is 17.5 Å². The summed E-state index contributed by atoms with van der Waals surface area (Å²) in [5, 5.41) is 9.95. The maximum absolute atomic E-state index is 12.8. The van der Waals surface area contributed by atoms with Gasteiger partial charge >= 0.3 is 5.97 Å². The van der Waals surface area contributed by atoms with Crippen molar-refractivity contribution in [2.24, 2.45) is 11.8 Å². The second-order valence-electron chi connectivity index (χ2n) is 6.02. The SMILES string of the molecule is CC1OC2CC(=O)OC2C2C(=O)c3cccc(O)c3C(=O)C12. The third-order valence-corrected chi connectivity index (χ3v) is 4.80. The van der Waals surface area contributed by atoms with Gasteiger partial charge in [0.2, 0.25) is 0 Å². The molecule has 2 fully saturated rings. The molecule has 1 aromatic carbocycles. The molecule has 0 saturated carbocycles. The zero-order valence-corrected chi connectivity index (χ0v) is 11.8. The molecule has 1 aliphatic carbocycles. The van der Waals surface area contributed by atoms with Crippen LogP contribution in [0.2, 0.25) is 0 Å². The molecule has 1 N–H and O–H groups in total. The van der Waals surface area contributed by atoms with Crippen molar-refractivity contribution in [2.75, 3.05) is 0 Å². The first-order valence-corrected chi connectivity index (χ1v) is 7.24. The average Bonchev–Trinajstić information content (AvgIpc) is 2.83. The van der Waals surface area contributed by atoms with Gasteiger partial charge in [-0.3, -0.25) is 14.4 Å². The van der Waals surface area contributed by atoms with Gasteiger partial charge in [0.15, 0.2) is 11.6 Å². The second-order valence-corrected chi connectivity index (χ2v) is 6.02. The molecule has 2 saturated heterocycles. The number of fused-ring (bicyclic) bond motifs is 4. The highest BCUT2D eigenvalue weighted by Crippen LogP contribution is 2.45. The number of esters is 1. The van der Waals surface area contributed by atoms with Crippen molar-refractivity contribution in [3.05, 3.63) is 29.3 Å². The predicted octanol–water partition coefficient (Wildman–Crippen LogP) is 1.11. The average molecular weight is 302 g/mol. The quantitative estimate of drug-likeness (QED) is 0.722. The predicted molar refractivity (Wildman–Crippen MR) is 72.6 cm³/mol. The minimum Gasteiger partial charge on any atom is -0.507 e. The van der Waals surface area contributed by atoms with Gasteiger partial charge in [-0.1, -0.05) is 12.1 Å². The van der Waals surface area contributed by atoms with Crippen LogP contribution < -0.4 is 0 Å². The van der Waals surface area contributed by atoms with Crippen LogP contribution in [0.4, 0.5) is 0 Å². The number of phenolic OH excluding ortho intramolecular Hbond substituents is 1. The van der Waals surface area contributed by atoms with E-state index in [1.807, 2.05) is 0 Å². The minimum atomic E-state index is -0.736. The molecular formula is C16H14O6. The number of ketones is 2. The first kappa shape index (κ1) is 13.5. The molecule has 4 rings (SSSR count). The van der Waals surface area contributed by atoms with Crippen molar-refractivity contribution in [1.29, 1.82) is 0 Å². The number of phenols is 1. The third kappa shape index (κ3) is 1.61. The molecule has 22 heavy (non-hydrogen) atoms. The zero-order valence-electron chi connectivity index (χ0n) is 11.8. The summed E-state index contributed by atoms with van der Waals surface area (Å²) in [4.78, 5) is 37.1. The Balaban J connectivity index is 1.87. The van der Waals surface area contributed by atoms with E-state index in [1.165, 1.54) is 18.2 Å². The molecule has 114 valence electrons. The highest BCUT2D eigenvalue weighted by Gasteiger charge is 2.58. The largest absolute Gasteiger partial charge is 0.507 e. The van der Waals surface area contributed by atoms with Gasteiger partial charge < -0.3 is 14.6 Å². The molecular weight excluding hydrogens is 288 g/mol. The smallest absolute Gasteiger partial charge is 0.308 e. The Hall–Kier alpha value is -2.21. The Morgan fingerprint density at radius 3 is 2.68 bits per heavy atom. The van der Waals surface area contributed by atoms with Gasteiger partial charge in [0, 0.05) is 5.56 Å². The molecule has 2 heterocycles. The highest BCUT2D eigenvalue weighted by molar-refractivity contribution is 6.18. The van der Waals surface area contributed by atoms with Gasteiger partial charge in [0.1, 0.15) is 18.0 Å². The fraction of sp³-hybridized carbons (Fsp3) is 0.438. The number of ether oxygens (including phenoxy) is 2. The summed E-state index contributed by atoms with van der Waals surface area (Å²) in [6.45, 7) is 1.72. The lowest BCUT2D eigenvalue weighted by Crippen LogP contribution is -2.56. The summed E-state index contributed by atoms with van der Waals surface area (Å²) >= 11 is 0. The molecule has 5 unspecified atom stereocenters. The van der Waals surface area contributed by atoms with Gasteiger partial charge in [-0.25, -0.2) is 0 Å². The van der Waals surface area contributed by atoms with Gasteiger partial charge in [0.25, 0.3) is 0 Å². The molecule has 5 atom stereocenters. The number of benzene rings is 1. The van der Waals surface area contributed by atoms with Crippen LogP contribution in [-0.4, -0.2) is 41.0 Å². The number of carbonyl (C=O) groups excluding carboxylic acids is 3. The van der Waals surface area contributed by atoms with Crippen LogP contribution in [0, 0.1) is 11.8 Å². The van der Waals surface area contributed by atoms with E-state index in [2.05, 4.69) is 0 Å². The summed E-state index contributed by atoms with van der Waals surface area (Å²) in [5.41, 5.74) is 0.244. The highest BCUT2D eigenvalue weighted by atomic mass is 16.6. The van der Waals surface area contributed by atoms with Crippen molar-refractivity contribution in [3.63, 3.8) is 0 Å². The Morgan fingerprint density at radius 2 is 1.91 bits per heavy atom. The lowest BCUT2D eigenvalue weighted by molar-refractivity contribution is -0.153. The monoisotopic (exact) mass is 302 g/mol. The maximum Gasteiger partial charge on any atom is 0.308 e. The molecule has 0 bridgehead atoms. The van der Waals surface area contributed by atoms with Gasteiger partial charge in [-0.2, -0.15) is 0 Å². The molecule has 0 spiro atoms. The molecule has 1 aromatic rings. The molecule has 3 aliphatic rings. The van der Waals surface area contributed by atoms with Crippen LogP contribution in [0.15, 0.2) is 18.2 Å². The summed E-state index contributed by atoms with van der Waals surface area (Å²) in [6.07, 6.45) is -1.61. The van der Waals surface area contributed by atoms with Gasteiger partial charge in [0.05, 0.1) is 29.9 Å². The number of rotatable bonds is 0. The zero-order chi connectivity index (χ0) is 15.6. The van der Waals surface area contributed by atoms with E-state index in [4.69, 9.17) is 9.47 Å². The van der Waals surface area contributed by atoms with Crippen molar-refractivity contribution in [3.8, 4) is 5.75 Å². The van der Waals surface area contributed by atoms with Crippen LogP contribution in [-0.2, 0) is 14.3 Å². The van der Waals surface area contributed by atoms with Crippen molar-refractivity contribution in [2.45, 2.75) is 31.7 Å². The van der Waals surface area contributed by atoms with E-state index in [-0.39, 0.29) is 34.9 Å². The standard InChI is InChI=1S/C16H14O6/c1-6-11-13(16-9(21-6)5-10(18)22-16)14(19)7-3-2-4-8(17)12(7)15(11)20/h2-4,6,9,11,13,16-17H,5H2,1H3.